The molecule has 1 rings (SSSR count). The summed E-state index contributed by atoms with van der Waals surface area (Å²) in [5.74, 6) is -0.397. The highest BCUT2D eigenvalue weighted by molar-refractivity contribution is 5.89. The molecule has 0 saturated heterocycles. The van der Waals surface area contributed by atoms with Crippen LogP contribution in [0.4, 0.5) is 0 Å². The number of aliphatic hydroxyl groups is 1. The van der Waals surface area contributed by atoms with Crippen LogP contribution in [0.3, 0.4) is 0 Å². The largest absolute Gasteiger partial charge is 0.431 e. The molecule has 0 aliphatic heterocycles. The minimum atomic E-state index is -0.381. The summed E-state index contributed by atoms with van der Waals surface area (Å²) in [5.41, 5.74) is 0.523. The van der Waals surface area contributed by atoms with Crippen molar-refractivity contribution >= 4 is 5.97 Å². The summed E-state index contributed by atoms with van der Waals surface area (Å²) in [6, 6.07) is 8.86. The first-order chi connectivity index (χ1) is 10.1. The molecule has 0 saturated carbocycles. The molecule has 116 valence electrons. The molecule has 1 aromatic carbocycles. The third-order valence-corrected chi connectivity index (χ3v) is 3.53. The van der Waals surface area contributed by atoms with E-state index in [-0.39, 0.29) is 18.0 Å². The van der Waals surface area contributed by atoms with Gasteiger partial charge in [-0.3, -0.25) is 0 Å². The molecule has 0 aliphatic carbocycles. The molecule has 0 fully saturated rings. The number of carbonyl (C=O) groups is 1. The fourth-order valence-corrected chi connectivity index (χ4v) is 2.04. The van der Waals surface area contributed by atoms with Crippen molar-refractivity contribution < 1.29 is 14.6 Å². The fourth-order valence-electron chi connectivity index (χ4n) is 2.04. The van der Waals surface area contributed by atoms with Gasteiger partial charge in [-0.25, -0.2) is 4.79 Å². The van der Waals surface area contributed by atoms with E-state index >= 15 is 0 Å². The van der Waals surface area contributed by atoms with Gasteiger partial charge in [0.25, 0.3) is 0 Å². The highest BCUT2D eigenvalue weighted by atomic mass is 16.5. The van der Waals surface area contributed by atoms with Crippen LogP contribution in [0, 0.1) is 5.92 Å². The van der Waals surface area contributed by atoms with E-state index in [1.165, 1.54) is 19.1 Å². The van der Waals surface area contributed by atoms with Crippen LogP contribution in [0.5, 0.6) is 0 Å². The Hall–Kier alpha value is -1.61. The number of aliphatic hydroxyl groups excluding tert-OH is 1. The first-order valence-electron chi connectivity index (χ1n) is 7.76. The minimum absolute atomic E-state index is 0.0183. The quantitative estimate of drug-likeness (QED) is 0.418. The maximum Gasteiger partial charge on any atom is 0.342 e. The molecule has 0 unspecified atom stereocenters. The Morgan fingerprint density at radius 2 is 1.95 bits per heavy atom. The van der Waals surface area contributed by atoms with E-state index in [4.69, 9.17) is 4.74 Å². The van der Waals surface area contributed by atoms with Gasteiger partial charge in [0.1, 0.15) is 0 Å². The molecule has 3 heteroatoms. The first kappa shape index (κ1) is 17.4. The van der Waals surface area contributed by atoms with Crippen molar-refractivity contribution in [2.24, 2.45) is 5.92 Å². The SMILES string of the molecule is CCCCCC[C@H](O)[C@@H](C)/C=C\OC(=O)c1ccccc1. The van der Waals surface area contributed by atoms with Crippen molar-refractivity contribution in [2.45, 2.75) is 52.1 Å². The number of hydrogen-bond donors (Lipinski definition) is 1. The summed E-state index contributed by atoms with van der Waals surface area (Å²) in [4.78, 5) is 11.7. The van der Waals surface area contributed by atoms with Crippen LogP contribution in [0.25, 0.3) is 0 Å². The van der Waals surface area contributed by atoms with E-state index in [1.54, 1.807) is 30.3 Å². The molecule has 0 bridgehead atoms. The van der Waals surface area contributed by atoms with Crippen LogP contribution in [-0.4, -0.2) is 17.2 Å². The van der Waals surface area contributed by atoms with Gasteiger partial charge in [-0.05, 0) is 24.6 Å². The number of hydrogen-bond acceptors (Lipinski definition) is 3. The van der Waals surface area contributed by atoms with Crippen LogP contribution in [0.1, 0.15) is 56.3 Å². The number of esters is 1. The third-order valence-electron chi connectivity index (χ3n) is 3.53. The van der Waals surface area contributed by atoms with E-state index in [9.17, 15) is 9.90 Å². The van der Waals surface area contributed by atoms with Crippen molar-refractivity contribution in [1.82, 2.24) is 0 Å². The highest BCUT2D eigenvalue weighted by Crippen LogP contribution is 2.14. The van der Waals surface area contributed by atoms with Crippen LogP contribution < -0.4 is 0 Å². The Bertz CT molecular complexity index is 425. The van der Waals surface area contributed by atoms with Crippen molar-refractivity contribution in [2.75, 3.05) is 0 Å². The maximum atomic E-state index is 11.7. The van der Waals surface area contributed by atoms with Crippen LogP contribution in [0.15, 0.2) is 42.7 Å². The van der Waals surface area contributed by atoms with Crippen LogP contribution in [0.2, 0.25) is 0 Å². The summed E-state index contributed by atoms with van der Waals surface area (Å²) in [6.45, 7) is 4.10. The second-order valence-corrected chi connectivity index (χ2v) is 5.38. The molecule has 2 atom stereocenters. The summed E-state index contributed by atoms with van der Waals surface area (Å²) in [7, 11) is 0. The lowest BCUT2D eigenvalue weighted by Crippen LogP contribution is -2.15. The van der Waals surface area contributed by atoms with Gasteiger partial charge < -0.3 is 9.84 Å². The normalized spacial score (nSPS) is 14.0. The molecule has 0 spiro atoms. The lowest BCUT2D eigenvalue weighted by molar-refractivity contribution is 0.0656. The highest BCUT2D eigenvalue weighted by Gasteiger charge is 2.11. The van der Waals surface area contributed by atoms with Gasteiger partial charge in [0.15, 0.2) is 0 Å². The van der Waals surface area contributed by atoms with E-state index in [0.29, 0.717) is 5.56 Å². The summed E-state index contributed by atoms with van der Waals surface area (Å²) >= 11 is 0. The third kappa shape index (κ3) is 7.09. The molecule has 1 N–H and O–H groups in total. The smallest absolute Gasteiger partial charge is 0.342 e. The average molecular weight is 290 g/mol. The molecule has 0 amide bonds. The van der Waals surface area contributed by atoms with E-state index < -0.39 is 0 Å². The zero-order valence-electron chi connectivity index (χ0n) is 13.0. The number of unbranched alkanes of at least 4 members (excludes halogenated alkanes) is 3. The topological polar surface area (TPSA) is 46.5 Å². The zero-order valence-corrected chi connectivity index (χ0v) is 13.0. The summed E-state index contributed by atoms with van der Waals surface area (Å²) < 4.78 is 5.06. The molecular weight excluding hydrogens is 264 g/mol. The van der Waals surface area contributed by atoms with E-state index in [0.717, 1.165) is 19.3 Å². The lowest BCUT2D eigenvalue weighted by atomic mass is 9.99. The Kier molecular flexibility index (Phi) is 8.44. The second kappa shape index (κ2) is 10.2. The van der Waals surface area contributed by atoms with Crippen molar-refractivity contribution in [3.05, 3.63) is 48.2 Å². The Labute approximate surface area is 127 Å². The molecule has 0 radical (unpaired) electrons. The summed E-state index contributed by atoms with van der Waals surface area (Å²) in [5, 5.41) is 10.0. The molecule has 0 aliphatic rings. The van der Waals surface area contributed by atoms with E-state index in [1.807, 2.05) is 13.0 Å². The van der Waals surface area contributed by atoms with Gasteiger partial charge in [-0.1, -0.05) is 57.7 Å². The van der Waals surface area contributed by atoms with Crippen LogP contribution in [-0.2, 0) is 4.74 Å². The van der Waals surface area contributed by atoms with Crippen molar-refractivity contribution in [1.29, 1.82) is 0 Å². The van der Waals surface area contributed by atoms with E-state index in [2.05, 4.69) is 6.92 Å². The predicted octanol–water partition coefficient (Wildman–Crippen LogP) is 4.32. The van der Waals surface area contributed by atoms with Crippen molar-refractivity contribution in [3.63, 3.8) is 0 Å². The number of rotatable bonds is 9. The molecule has 1 aromatic rings. The van der Waals surface area contributed by atoms with Gasteiger partial charge in [-0.15, -0.1) is 0 Å². The molecule has 0 heterocycles. The standard InChI is InChI=1S/C18H26O3/c1-3-4-5-9-12-17(19)15(2)13-14-21-18(20)16-10-7-6-8-11-16/h6-8,10-11,13-15,17,19H,3-5,9,12H2,1-2H3/b14-13-/t15-,17-/m0/s1. The minimum Gasteiger partial charge on any atom is -0.431 e. The van der Waals surface area contributed by atoms with Crippen molar-refractivity contribution in [3.8, 4) is 0 Å². The molecule has 3 nitrogen and oxygen atoms in total. The van der Waals surface area contributed by atoms with Gasteiger partial charge in [0, 0.05) is 5.92 Å². The van der Waals surface area contributed by atoms with Gasteiger partial charge in [0.2, 0.25) is 0 Å². The lowest BCUT2D eigenvalue weighted by Gasteiger charge is -2.14. The Morgan fingerprint density at radius 1 is 1.24 bits per heavy atom. The van der Waals surface area contributed by atoms with Crippen LogP contribution >= 0.6 is 0 Å². The number of ether oxygens (including phenoxy) is 1. The van der Waals surface area contributed by atoms with Gasteiger partial charge in [-0.2, -0.15) is 0 Å². The van der Waals surface area contributed by atoms with Gasteiger partial charge >= 0.3 is 5.97 Å². The zero-order chi connectivity index (χ0) is 15.5. The van der Waals surface area contributed by atoms with Gasteiger partial charge in [0.05, 0.1) is 17.9 Å². The molecule has 21 heavy (non-hydrogen) atoms. The molecular formula is C18H26O3. The monoisotopic (exact) mass is 290 g/mol. The first-order valence-corrected chi connectivity index (χ1v) is 7.76. The maximum absolute atomic E-state index is 11.7. The summed E-state index contributed by atoms with van der Waals surface area (Å²) in [6.07, 6.45) is 8.14. The fraction of sp³-hybridized carbons (Fsp3) is 0.500. The number of benzene rings is 1. The average Bonchev–Trinajstić information content (AvgIpc) is 2.52. The molecule has 0 aromatic heterocycles. The Morgan fingerprint density at radius 3 is 2.62 bits per heavy atom. The Balaban J connectivity index is 2.30. The predicted molar refractivity (Wildman–Crippen MR) is 84.9 cm³/mol. The number of carbonyl (C=O) groups excluding carboxylic acids is 1. The second-order valence-electron chi connectivity index (χ2n) is 5.38.